The quantitative estimate of drug-likeness (QED) is 0.393. The molecule has 0 aliphatic heterocycles. The molecule has 1 N–H and O–H groups in total. The number of carboxylic acid groups (broad SMARTS) is 1. The highest BCUT2D eigenvalue weighted by Gasteiger charge is 2.18. The zero-order valence-corrected chi connectivity index (χ0v) is 18.8. The molecule has 152 valence electrons. The van der Waals surface area contributed by atoms with Crippen molar-refractivity contribution in [2.24, 2.45) is 0 Å². The van der Waals surface area contributed by atoms with Crippen molar-refractivity contribution >= 4 is 40.7 Å². The summed E-state index contributed by atoms with van der Waals surface area (Å²) in [6.45, 7) is 5.77. The molecular formula is C22H22ClNO3S2. The zero-order chi connectivity index (χ0) is 21.0. The van der Waals surface area contributed by atoms with Crippen molar-refractivity contribution in [2.45, 2.75) is 43.9 Å². The van der Waals surface area contributed by atoms with Gasteiger partial charge in [0, 0.05) is 26.1 Å². The third-order valence-electron chi connectivity index (χ3n) is 4.42. The number of aliphatic carboxylic acids is 1. The Balaban J connectivity index is 1.68. The lowest BCUT2D eigenvalue weighted by molar-refractivity contribution is -0.145. The number of aromatic nitrogens is 1. The second kappa shape index (κ2) is 9.65. The summed E-state index contributed by atoms with van der Waals surface area (Å²) in [6.07, 6.45) is -0.398. The topological polar surface area (TPSA) is 59.4 Å². The van der Waals surface area contributed by atoms with E-state index < -0.39 is 12.1 Å². The average molecular weight is 448 g/mol. The fraction of sp³-hybridized carbons (Fsp3) is 0.273. The molecule has 0 amide bonds. The fourth-order valence-electron chi connectivity index (χ4n) is 2.73. The van der Waals surface area contributed by atoms with Crippen LogP contribution in [-0.2, 0) is 10.5 Å². The monoisotopic (exact) mass is 447 g/mol. The first kappa shape index (κ1) is 21.7. The van der Waals surface area contributed by atoms with Gasteiger partial charge in [-0.25, -0.2) is 9.78 Å². The minimum Gasteiger partial charge on any atom is -0.479 e. The summed E-state index contributed by atoms with van der Waals surface area (Å²) in [5.41, 5.74) is 3.04. The molecule has 0 aliphatic carbocycles. The summed E-state index contributed by atoms with van der Waals surface area (Å²) in [7, 11) is 0. The van der Waals surface area contributed by atoms with Gasteiger partial charge in [0.2, 0.25) is 0 Å². The number of thiazole rings is 1. The van der Waals surface area contributed by atoms with Crippen LogP contribution in [0.3, 0.4) is 0 Å². The molecule has 1 heterocycles. The van der Waals surface area contributed by atoms with Gasteiger partial charge in [-0.3, -0.25) is 0 Å². The first-order valence-corrected chi connectivity index (χ1v) is 11.4. The van der Waals surface area contributed by atoms with E-state index in [0.29, 0.717) is 17.2 Å². The van der Waals surface area contributed by atoms with E-state index >= 15 is 0 Å². The van der Waals surface area contributed by atoms with Crippen LogP contribution in [0.5, 0.6) is 5.75 Å². The Labute approximate surface area is 183 Å². The summed E-state index contributed by atoms with van der Waals surface area (Å²) in [5, 5.41) is 10.9. The van der Waals surface area contributed by atoms with Crippen LogP contribution in [0, 0.1) is 13.8 Å². The van der Waals surface area contributed by atoms with Crippen LogP contribution in [-0.4, -0.2) is 22.2 Å². The van der Waals surface area contributed by atoms with Crippen molar-refractivity contribution in [3.63, 3.8) is 0 Å². The molecule has 4 nitrogen and oxygen atoms in total. The molecule has 0 saturated carbocycles. The number of nitrogens with zero attached hydrogens (tertiary/aromatic N) is 1. The van der Waals surface area contributed by atoms with Crippen LogP contribution < -0.4 is 4.74 Å². The molecule has 1 aromatic heterocycles. The van der Waals surface area contributed by atoms with E-state index in [-0.39, 0.29) is 0 Å². The van der Waals surface area contributed by atoms with Gasteiger partial charge >= 0.3 is 5.97 Å². The summed E-state index contributed by atoms with van der Waals surface area (Å²) in [6, 6.07) is 13.6. The van der Waals surface area contributed by atoms with Crippen LogP contribution in [0.4, 0.5) is 0 Å². The molecule has 1 unspecified atom stereocenters. The van der Waals surface area contributed by atoms with E-state index in [9.17, 15) is 9.90 Å². The molecule has 7 heteroatoms. The maximum Gasteiger partial charge on any atom is 0.344 e. The number of carboxylic acids is 1. The van der Waals surface area contributed by atoms with Gasteiger partial charge in [-0.05, 0) is 56.2 Å². The van der Waals surface area contributed by atoms with Gasteiger partial charge in [-0.1, -0.05) is 30.7 Å². The number of rotatable bonds is 8. The highest BCUT2D eigenvalue weighted by atomic mass is 35.5. The zero-order valence-electron chi connectivity index (χ0n) is 16.4. The normalized spacial score (nSPS) is 12.0. The lowest BCUT2D eigenvalue weighted by Gasteiger charge is -2.15. The standard InChI is InChI=1S/C22H22ClNO3S2/c1-4-18(22(25)26)27-19-10-9-17(11-13(19)2)28-12-20-14(3)24-21(29-20)15-5-7-16(23)8-6-15/h5-11,18H,4,12H2,1-3H3,(H,25,26). The number of aryl methyl sites for hydroxylation is 2. The summed E-state index contributed by atoms with van der Waals surface area (Å²) in [5.74, 6) is 0.494. The highest BCUT2D eigenvalue weighted by molar-refractivity contribution is 7.98. The number of benzene rings is 2. The summed E-state index contributed by atoms with van der Waals surface area (Å²) in [4.78, 5) is 18.2. The molecule has 3 rings (SSSR count). The number of hydrogen-bond acceptors (Lipinski definition) is 5. The van der Waals surface area contributed by atoms with Gasteiger partial charge < -0.3 is 9.84 Å². The van der Waals surface area contributed by atoms with Crippen molar-refractivity contribution < 1.29 is 14.6 Å². The number of halogens is 1. The second-order valence-corrected chi connectivity index (χ2v) is 9.17. The van der Waals surface area contributed by atoms with Crippen molar-refractivity contribution in [3.8, 4) is 16.3 Å². The lowest BCUT2D eigenvalue weighted by Crippen LogP contribution is -2.26. The third kappa shape index (κ3) is 5.53. The Bertz CT molecular complexity index is 1000. The number of hydrogen-bond donors (Lipinski definition) is 1. The van der Waals surface area contributed by atoms with E-state index in [1.807, 2.05) is 56.3 Å². The Morgan fingerprint density at radius 1 is 1.24 bits per heavy atom. The average Bonchev–Trinajstić information content (AvgIpc) is 3.06. The summed E-state index contributed by atoms with van der Waals surface area (Å²) >= 11 is 9.39. The summed E-state index contributed by atoms with van der Waals surface area (Å²) < 4.78 is 5.63. The molecule has 0 spiro atoms. The van der Waals surface area contributed by atoms with E-state index in [4.69, 9.17) is 21.3 Å². The molecule has 3 aromatic rings. The molecule has 0 aliphatic rings. The Hall–Kier alpha value is -2.02. The van der Waals surface area contributed by atoms with Crippen LogP contribution >= 0.6 is 34.7 Å². The van der Waals surface area contributed by atoms with Gasteiger partial charge in [0.15, 0.2) is 6.10 Å². The Kier molecular flexibility index (Phi) is 7.22. The number of carbonyl (C=O) groups is 1. The number of ether oxygens (including phenoxy) is 1. The van der Waals surface area contributed by atoms with E-state index in [1.165, 1.54) is 4.88 Å². The molecular weight excluding hydrogens is 426 g/mol. The van der Waals surface area contributed by atoms with Crippen LogP contribution in [0.15, 0.2) is 47.4 Å². The Morgan fingerprint density at radius 3 is 2.59 bits per heavy atom. The molecule has 0 bridgehead atoms. The molecule has 0 radical (unpaired) electrons. The van der Waals surface area contributed by atoms with Crippen molar-refractivity contribution in [3.05, 3.63) is 63.6 Å². The van der Waals surface area contributed by atoms with Crippen LogP contribution in [0.25, 0.3) is 10.6 Å². The first-order chi connectivity index (χ1) is 13.9. The van der Waals surface area contributed by atoms with Gasteiger partial charge in [-0.2, -0.15) is 0 Å². The minimum atomic E-state index is -0.942. The molecule has 0 saturated heterocycles. The smallest absolute Gasteiger partial charge is 0.344 e. The van der Waals surface area contributed by atoms with Gasteiger partial charge in [-0.15, -0.1) is 23.1 Å². The lowest BCUT2D eigenvalue weighted by atomic mass is 10.2. The van der Waals surface area contributed by atoms with E-state index in [2.05, 4.69) is 0 Å². The first-order valence-electron chi connectivity index (χ1n) is 9.22. The highest BCUT2D eigenvalue weighted by Crippen LogP contribution is 2.34. The van der Waals surface area contributed by atoms with Gasteiger partial charge in [0.05, 0.1) is 5.69 Å². The molecule has 29 heavy (non-hydrogen) atoms. The SMILES string of the molecule is CCC(Oc1ccc(SCc2sc(-c3ccc(Cl)cc3)nc2C)cc1C)C(=O)O. The largest absolute Gasteiger partial charge is 0.479 e. The van der Waals surface area contributed by atoms with E-state index in [0.717, 1.165) is 32.5 Å². The molecule has 1 atom stereocenters. The molecule has 0 fully saturated rings. The van der Waals surface area contributed by atoms with Crippen molar-refractivity contribution in [2.75, 3.05) is 0 Å². The minimum absolute atomic E-state index is 0.423. The third-order valence-corrected chi connectivity index (χ3v) is 7.08. The van der Waals surface area contributed by atoms with Crippen LogP contribution in [0.2, 0.25) is 5.02 Å². The number of thioether (sulfide) groups is 1. The second-order valence-electron chi connectivity index (χ2n) is 6.60. The van der Waals surface area contributed by atoms with Crippen molar-refractivity contribution in [1.82, 2.24) is 4.98 Å². The predicted molar refractivity (Wildman–Crippen MR) is 120 cm³/mol. The van der Waals surface area contributed by atoms with Gasteiger partial charge in [0.25, 0.3) is 0 Å². The maximum absolute atomic E-state index is 11.2. The van der Waals surface area contributed by atoms with Gasteiger partial charge in [0.1, 0.15) is 10.8 Å². The predicted octanol–water partition coefficient (Wildman–Crippen LogP) is 6.61. The molecule has 2 aromatic carbocycles. The Morgan fingerprint density at radius 2 is 1.97 bits per heavy atom. The van der Waals surface area contributed by atoms with Crippen LogP contribution in [0.1, 0.15) is 29.5 Å². The van der Waals surface area contributed by atoms with E-state index in [1.54, 1.807) is 30.0 Å². The van der Waals surface area contributed by atoms with Crippen molar-refractivity contribution in [1.29, 1.82) is 0 Å². The maximum atomic E-state index is 11.2. The fourth-order valence-corrected chi connectivity index (χ4v) is 5.07.